The second-order valence-electron chi connectivity index (χ2n) is 10.9. The van der Waals surface area contributed by atoms with Crippen LogP contribution in [-0.2, 0) is 23.5 Å². The van der Waals surface area contributed by atoms with Crippen LogP contribution in [-0.4, -0.2) is 31.4 Å². The minimum absolute atomic E-state index is 0.215. The second kappa shape index (κ2) is 9.55. The van der Waals surface area contributed by atoms with Gasteiger partial charge in [0.25, 0.3) is 0 Å². The summed E-state index contributed by atoms with van der Waals surface area (Å²) in [6, 6.07) is 13.1. The van der Waals surface area contributed by atoms with Gasteiger partial charge in [-0.3, -0.25) is 0 Å². The molecule has 0 fully saturated rings. The Labute approximate surface area is 221 Å². The van der Waals surface area contributed by atoms with Crippen molar-refractivity contribution in [3.63, 3.8) is 0 Å². The maximum atomic E-state index is 15.5. The molecule has 2 unspecified atom stereocenters. The summed E-state index contributed by atoms with van der Waals surface area (Å²) in [5.41, 5.74) is 1.25. The van der Waals surface area contributed by atoms with E-state index in [1.807, 2.05) is 41.5 Å². The van der Waals surface area contributed by atoms with Gasteiger partial charge in [0.2, 0.25) is 0 Å². The molecule has 3 nitrogen and oxygen atoms in total. The molecular weight excluding hydrogens is 633 g/mol. The van der Waals surface area contributed by atoms with Gasteiger partial charge in [-0.05, 0) is 0 Å². The van der Waals surface area contributed by atoms with Crippen molar-refractivity contribution in [3.8, 4) is 0 Å². The molecule has 1 aliphatic rings. The average molecular weight is 662 g/mol. The molecule has 11 heteroatoms. The van der Waals surface area contributed by atoms with Gasteiger partial charge in [-0.15, -0.1) is 0 Å². The van der Waals surface area contributed by atoms with Crippen molar-refractivity contribution >= 4 is 30.4 Å². The first-order chi connectivity index (χ1) is 16.6. The van der Waals surface area contributed by atoms with Crippen LogP contribution in [0.25, 0.3) is 0 Å². The van der Waals surface area contributed by atoms with Crippen molar-refractivity contribution in [2.45, 2.75) is 75.4 Å². The molecule has 206 valence electrons. The Bertz CT molecular complexity index is 1210. The number of alkyl halides is 6. The van der Waals surface area contributed by atoms with Crippen molar-refractivity contribution in [2.24, 2.45) is 0 Å². The predicted octanol–water partition coefficient (Wildman–Crippen LogP) is 7.93. The van der Waals surface area contributed by atoms with Crippen LogP contribution in [0.4, 0.5) is 26.3 Å². The summed E-state index contributed by atoms with van der Waals surface area (Å²) in [6.45, 7) is 11.7. The third-order valence-corrected chi connectivity index (χ3v) is 13.6. The van der Waals surface area contributed by atoms with E-state index in [0.717, 1.165) is 11.1 Å². The van der Waals surface area contributed by atoms with E-state index in [2.05, 4.69) is 0 Å². The van der Waals surface area contributed by atoms with E-state index in [0.29, 0.717) is 7.14 Å². The molecule has 2 atom stereocenters. The zero-order chi connectivity index (χ0) is 28.2. The number of halogens is 7. The Morgan fingerprint density at radius 2 is 1.14 bits per heavy atom. The first kappa shape index (κ1) is 29.9. The quantitative estimate of drug-likeness (QED) is 0.186. The van der Waals surface area contributed by atoms with Gasteiger partial charge < -0.3 is 0 Å². The monoisotopic (exact) mass is 662 g/mol. The summed E-state index contributed by atoms with van der Waals surface area (Å²) in [4.78, 5) is 0. The van der Waals surface area contributed by atoms with Crippen molar-refractivity contribution in [1.29, 1.82) is 0 Å². The van der Waals surface area contributed by atoms with Gasteiger partial charge in [-0.2, -0.15) is 0 Å². The van der Waals surface area contributed by atoms with Gasteiger partial charge in [0, 0.05) is 0 Å². The fourth-order valence-electron chi connectivity index (χ4n) is 3.53. The molecule has 0 saturated heterocycles. The fourth-order valence-corrected chi connectivity index (χ4v) is 10.8. The molecule has 0 spiro atoms. The molecule has 0 saturated carbocycles. The van der Waals surface area contributed by atoms with Crippen LogP contribution in [0, 0.1) is 7.14 Å². The second-order valence-corrected chi connectivity index (χ2v) is 17.5. The number of rotatable bonds is 5. The van der Waals surface area contributed by atoms with E-state index in [1.54, 1.807) is 48.5 Å². The molecular formula is C26H29F6IO3S. The summed E-state index contributed by atoms with van der Waals surface area (Å²) in [6.07, 6.45) is -4.16. The molecule has 1 aliphatic carbocycles. The summed E-state index contributed by atoms with van der Waals surface area (Å²) in [5, 5.41) is -4.97. The molecule has 0 aliphatic heterocycles. The number of benzene rings is 2. The Morgan fingerprint density at radius 1 is 0.757 bits per heavy atom. The molecule has 0 heterocycles. The van der Waals surface area contributed by atoms with Gasteiger partial charge >= 0.3 is 222 Å². The average Bonchev–Trinajstić information content (AvgIpc) is 2.78. The van der Waals surface area contributed by atoms with E-state index < -0.39 is 53.4 Å². The molecule has 0 N–H and O–H groups in total. The molecule has 0 aromatic heterocycles. The van der Waals surface area contributed by atoms with E-state index in [-0.39, 0.29) is 23.0 Å². The Hall–Kier alpha value is -1.60. The SMILES string of the molecule is CC(C)(C)c1ccc(I(OS(=O)(=O)C2(F)C=CC(F)C(F)(F)C2(F)F)c2ccc(C(C)(C)C)cc2)cc1. The summed E-state index contributed by atoms with van der Waals surface area (Å²) in [7, 11) is -6.04. The minimum atomic E-state index is -6.04. The normalized spacial score (nSPS) is 24.1. The van der Waals surface area contributed by atoms with Crippen LogP contribution < -0.4 is 0 Å². The Morgan fingerprint density at radius 3 is 1.49 bits per heavy atom. The van der Waals surface area contributed by atoms with Crippen molar-refractivity contribution in [2.75, 3.05) is 0 Å². The van der Waals surface area contributed by atoms with Crippen molar-refractivity contribution in [1.82, 2.24) is 0 Å². The van der Waals surface area contributed by atoms with Gasteiger partial charge in [-0.25, -0.2) is 0 Å². The van der Waals surface area contributed by atoms with Crippen molar-refractivity contribution in [3.05, 3.63) is 79.0 Å². The topological polar surface area (TPSA) is 43.4 Å². The van der Waals surface area contributed by atoms with Crippen molar-refractivity contribution < 1.29 is 37.3 Å². The first-order valence-corrected chi connectivity index (χ1v) is 15.7. The van der Waals surface area contributed by atoms with Gasteiger partial charge in [0.15, 0.2) is 0 Å². The van der Waals surface area contributed by atoms with Crippen LogP contribution in [0.15, 0.2) is 60.7 Å². The van der Waals surface area contributed by atoms with Crippen LogP contribution in [0.3, 0.4) is 0 Å². The van der Waals surface area contributed by atoms with Crippen LogP contribution in [0.5, 0.6) is 0 Å². The standard InChI is InChI=1S/C26H29F6IO3S/c1-22(2,3)17-7-11-19(12-8-17)33(20-13-9-18(10-14-20)23(4,5)6)36-37(34,35)24(28)16-15-21(27)25(29,30)26(24,31)32/h7-16,21H,1-6H3. The first-order valence-electron chi connectivity index (χ1n) is 11.3. The molecule has 0 amide bonds. The predicted molar refractivity (Wildman–Crippen MR) is 139 cm³/mol. The molecule has 37 heavy (non-hydrogen) atoms. The van der Waals surface area contributed by atoms with E-state index >= 15 is 4.39 Å². The molecule has 2 aromatic rings. The molecule has 0 bridgehead atoms. The zero-order valence-electron chi connectivity index (χ0n) is 21.1. The van der Waals surface area contributed by atoms with E-state index in [4.69, 9.17) is 2.51 Å². The summed E-state index contributed by atoms with van der Waals surface area (Å²) in [5.74, 6) is -11.5. The molecule has 2 aromatic carbocycles. The third kappa shape index (κ3) is 5.32. The van der Waals surface area contributed by atoms with E-state index in [1.165, 1.54) is 0 Å². The van der Waals surface area contributed by atoms with Gasteiger partial charge in [-0.1, -0.05) is 0 Å². The van der Waals surface area contributed by atoms with Crippen LogP contribution >= 0.6 is 20.2 Å². The summed E-state index contributed by atoms with van der Waals surface area (Å²) >= 11 is -3.72. The number of hydrogen-bond acceptors (Lipinski definition) is 3. The third-order valence-electron chi connectivity index (χ3n) is 6.00. The fraction of sp³-hybridized carbons (Fsp3) is 0.462. The van der Waals surface area contributed by atoms with Crippen LogP contribution in [0.2, 0.25) is 0 Å². The van der Waals surface area contributed by atoms with Crippen LogP contribution in [0.1, 0.15) is 52.7 Å². The zero-order valence-corrected chi connectivity index (χ0v) is 24.1. The number of allylic oxidation sites excluding steroid dienone is 1. The molecule has 3 rings (SSSR count). The van der Waals surface area contributed by atoms with E-state index in [9.17, 15) is 30.4 Å². The Balaban J connectivity index is 2.13. The van der Waals surface area contributed by atoms with Gasteiger partial charge in [0.1, 0.15) is 0 Å². The Kier molecular flexibility index (Phi) is 7.73. The summed E-state index contributed by atoms with van der Waals surface area (Å²) < 4.78 is 118. The van der Waals surface area contributed by atoms with Gasteiger partial charge in [0.05, 0.1) is 0 Å². The molecule has 0 radical (unpaired) electrons. The maximum absolute atomic E-state index is 15.5. The number of hydrogen-bond donors (Lipinski definition) is 0.